The molecule has 2 aromatic carbocycles. The van der Waals surface area contributed by atoms with Gasteiger partial charge in [-0.2, -0.15) is 0 Å². The summed E-state index contributed by atoms with van der Waals surface area (Å²) in [6, 6.07) is 10.9. The van der Waals surface area contributed by atoms with E-state index >= 15 is 0 Å². The minimum absolute atomic E-state index is 0.0187. The van der Waals surface area contributed by atoms with E-state index in [2.05, 4.69) is 4.98 Å². The molecule has 3 aromatic rings. The summed E-state index contributed by atoms with van der Waals surface area (Å²) in [4.78, 5) is 31.7. The molecule has 1 amide bonds. The van der Waals surface area contributed by atoms with Crippen LogP contribution in [0.4, 0.5) is 0 Å². The quantitative estimate of drug-likeness (QED) is 0.333. The molecule has 1 saturated heterocycles. The predicted octanol–water partition coefficient (Wildman–Crippen LogP) is 3.42. The van der Waals surface area contributed by atoms with E-state index < -0.39 is 17.7 Å². The van der Waals surface area contributed by atoms with Crippen LogP contribution in [0.1, 0.15) is 36.1 Å². The lowest BCUT2D eigenvalue weighted by Gasteiger charge is -2.25. The number of ether oxygens (including phenoxy) is 1. The number of aryl methyl sites for hydroxylation is 1. The van der Waals surface area contributed by atoms with Gasteiger partial charge in [-0.05, 0) is 54.8 Å². The number of hydrogen-bond donors (Lipinski definition) is 2. The molecular formula is C26H25N3O5. The number of likely N-dealkylation sites (tertiary alicyclic amines) is 1. The summed E-state index contributed by atoms with van der Waals surface area (Å²) in [6.45, 7) is 2.89. The van der Waals surface area contributed by atoms with Gasteiger partial charge in [0.15, 0.2) is 0 Å². The molecule has 34 heavy (non-hydrogen) atoms. The van der Waals surface area contributed by atoms with E-state index in [1.807, 2.05) is 17.7 Å². The van der Waals surface area contributed by atoms with Crippen LogP contribution in [0.15, 0.2) is 66.8 Å². The van der Waals surface area contributed by atoms with Crippen molar-refractivity contribution in [2.24, 2.45) is 0 Å². The monoisotopic (exact) mass is 459 g/mol. The number of benzene rings is 2. The average Bonchev–Trinajstić information content (AvgIpc) is 3.52. The molecule has 174 valence electrons. The topological polar surface area (TPSA) is 105 Å². The Kier molecular flexibility index (Phi) is 5.57. The van der Waals surface area contributed by atoms with E-state index in [4.69, 9.17) is 4.74 Å². The van der Waals surface area contributed by atoms with Crippen LogP contribution in [0.2, 0.25) is 0 Å². The molecule has 5 rings (SSSR count). The highest BCUT2D eigenvalue weighted by Gasteiger charge is 2.46. The van der Waals surface area contributed by atoms with Crippen molar-refractivity contribution in [2.45, 2.75) is 38.5 Å². The van der Waals surface area contributed by atoms with Crippen LogP contribution < -0.4 is 4.74 Å². The fraction of sp³-hybridized carbons (Fsp3) is 0.269. The fourth-order valence-corrected chi connectivity index (χ4v) is 4.72. The Hall–Kier alpha value is -4.07. The second-order valence-electron chi connectivity index (χ2n) is 8.70. The standard InChI is InChI=1S/C26H25N3O5/c1-16-12-19-13-18(6-7-21(19)34-16)24(31)22-23(17-4-2-5-20(30)14-17)29(26(33)25(22)32)10-3-9-28-11-8-27-15-28/h2,4-8,11,13-16,23,30-31H,3,9-10,12H2,1H3/t16-,23-/m1/s1. The van der Waals surface area contributed by atoms with E-state index in [1.54, 1.807) is 42.9 Å². The minimum Gasteiger partial charge on any atom is -0.508 e. The first kappa shape index (κ1) is 21.8. The molecule has 0 unspecified atom stereocenters. The van der Waals surface area contributed by atoms with Gasteiger partial charge in [-0.1, -0.05) is 12.1 Å². The molecule has 0 radical (unpaired) electrons. The Morgan fingerprint density at radius 1 is 1.18 bits per heavy atom. The Labute approximate surface area is 196 Å². The van der Waals surface area contributed by atoms with Crippen molar-refractivity contribution in [3.05, 3.63) is 83.4 Å². The SMILES string of the molecule is C[C@@H]1Cc2cc(C(O)=C3C(=O)C(=O)N(CCCn4ccnc4)[C@@H]3c3cccc(O)c3)ccc2O1. The van der Waals surface area contributed by atoms with Gasteiger partial charge in [0, 0.05) is 37.5 Å². The second-order valence-corrected chi connectivity index (χ2v) is 8.70. The Balaban J connectivity index is 1.53. The van der Waals surface area contributed by atoms with Crippen LogP contribution in [0.25, 0.3) is 5.76 Å². The number of carbonyl (C=O) groups is 2. The number of carbonyl (C=O) groups excluding carboxylic acids is 2. The third kappa shape index (κ3) is 3.91. The molecule has 2 aliphatic rings. The molecule has 3 heterocycles. The number of phenolic OH excluding ortho intramolecular Hbond substituents is 1. The van der Waals surface area contributed by atoms with Gasteiger partial charge >= 0.3 is 0 Å². The highest BCUT2D eigenvalue weighted by molar-refractivity contribution is 6.46. The third-order valence-corrected chi connectivity index (χ3v) is 6.27. The maximum atomic E-state index is 13.2. The van der Waals surface area contributed by atoms with Crippen LogP contribution in [0.5, 0.6) is 11.5 Å². The number of ketones is 1. The summed E-state index contributed by atoms with van der Waals surface area (Å²) in [5.74, 6) is -0.859. The number of phenols is 1. The predicted molar refractivity (Wildman–Crippen MR) is 124 cm³/mol. The number of aliphatic hydroxyl groups excluding tert-OH is 1. The summed E-state index contributed by atoms with van der Waals surface area (Å²) in [7, 11) is 0. The van der Waals surface area contributed by atoms with Gasteiger partial charge < -0.3 is 24.4 Å². The smallest absolute Gasteiger partial charge is 0.295 e. The average molecular weight is 460 g/mol. The molecule has 8 heteroatoms. The number of rotatable bonds is 6. The molecule has 0 spiro atoms. The molecule has 8 nitrogen and oxygen atoms in total. The van der Waals surface area contributed by atoms with Crippen LogP contribution >= 0.6 is 0 Å². The molecule has 1 fully saturated rings. The number of amides is 1. The number of Topliss-reactive ketones (excluding diaryl/α,β-unsaturated/α-hetero) is 1. The van der Waals surface area contributed by atoms with Gasteiger partial charge in [0.1, 0.15) is 23.4 Å². The lowest BCUT2D eigenvalue weighted by molar-refractivity contribution is -0.139. The summed E-state index contributed by atoms with van der Waals surface area (Å²) >= 11 is 0. The normalized spacial score (nSPS) is 21.0. The van der Waals surface area contributed by atoms with Crippen molar-refractivity contribution in [3.63, 3.8) is 0 Å². The first-order chi connectivity index (χ1) is 16.4. The van der Waals surface area contributed by atoms with Gasteiger partial charge in [-0.25, -0.2) is 4.98 Å². The summed E-state index contributed by atoms with van der Waals surface area (Å²) in [6.07, 6.45) is 6.54. The summed E-state index contributed by atoms with van der Waals surface area (Å²) in [5.41, 5.74) is 1.98. The van der Waals surface area contributed by atoms with E-state index in [0.717, 1.165) is 11.3 Å². The number of nitrogens with zero attached hydrogens (tertiary/aromatic N) is 3. The van der Waals surface area contributed by atoms with E-state index in [0.29, 0.717) is 37.1 Å². The third-order valence-electron chi connectivity index (χ3n) is 6.27. The molecule has 1 aromatic heterocycles. The van der Waals surface area contributed by atoms with Crippen molar-refractivity contribution in [1.82, 2.24) is 14.5 Å². The molecule has 0 saturated carbocycles. The highest BCUT2D eigenvalue weighted by atomic mass is 16.5. The van der Waals surface area contributed by atoms with E-state index in [-0.39, 0.29) is 23.2 Å². The lowest BCUT2D eigenvalue weighted by Crippen LogP contribution is -2.31. The maximum absolute atomic E-state index is 13.2. The van der Waals surface area contributed by atoms with Crippen LogP contribution in [0, 0.1) is 0 Å². The summed E-state index contributed by atoms with van der Waals surface area (Å²) < 4.78 is 7.64. The van der Waals surface area contributed by atoms with Gasteiger partial charge in [0.2, 0.25) is 0 Å². The minimum atomic E-state index is -0.807. The van der Waals surface area contributed by atoms with Crippen molar-refractivity contribution in [1.29, 1.82) is 0 Å². The molecule has 0 aliphatic carbocycles. The molecule has 2 aliphatic heterocycles. The summed E-state index contributed by atoms with van der Waals surface area (Å²) in [5, 5.41) is 21.3. The second kappa shape index (κ2) is 8.70. The maximum Gasteiger partial charge on any atom is 0.295 e. The Morgan fingerprint density at radius 3 is 2.79 bits per heavy atom. The molecular weight excluding hydrogens is 434 g/mol. The van der Waals surface area contributed by atoms with Crippen LogP contribution in [0.3, 0.4) is 0 Å². The number of aliphatic hydroxyl groups is 1. The van der Waals surface area contributed by atoms with Crippen LogP contribution in [-0.2, 0) is 22.6 Å². The van der Waals surface area contributed by atoms with Crippen molar-refractivity contribution in [2.75, 3.05) is 6.54 Å². The zero-order valence-electron chi connectivity index (χ0n) is 18.7. The van der Waals surface area contributed by atoms with Gasteiger partial charge in [0.25, 0.3) is 11.7 Å². The van der Waals surface area contributed by atoms with E-state index in [1.165, 1.54) is 17.0 Å². The van der Waals surface area contributed by atoms with Gasteiger partial charge in [-0.15, -0.1) is 0 Å². The number of fused-ring (bicyclic) bond motifs is 1. The molecule has 2 N–H and O–H groups in total. The fourth-order valence-electron chi connectivity index (χ4n) is 4.72. The zero-order chi connectivity index (χ0) is 23.8. The van der Waals surface area contributed by atoms with Gasteiger partial charge in [-0.3, -0.25) is 9.59 Å². The highest BCUT2D eigenvalue weighted by Crippen LogP contribution is 2.41. The first-order valence-electron chi connectivity index (χ1n) is 11.3. The number of aromatic hydroxyl groups is 1. The number of imidazole rings is 1. The molecule has 2 atom stereocenters. The lowest BCUT2D eigenvalue weighted by atomic mass is 9.94. The van der Waals surface area contributed by atoms with E-state index in [9.17, 15) is 19.8 Å². The molecule has 0 bridgehead atoms. The number of hydrogen-bond acceptors (Lipinski definition) is 6. The van der Waals surface area contributed by atoms with Crippen molar-refractivity contribution in [3.8, 4) is 11.5 Å². The van der Waals surface area contributed by atoms with Gasteiger partial charge in [0.05, 0.1) is 17.9 Å². The Morgan fingerprint density at radius 2 is 2.03 bits per heavy atom. The van der Waals surface area contributed by atoms with Crippen LogP contribution in [-0.4, -0.2) is 49.0 Å². The van der Waals surface area contributed by atoms with Crippen molar-refractivity contribution >= 4 is 17.4 Å². The Bertz CT molecular complexity index is 1280. The number of aromatic nitrogens is 2. The van der Waals surface area contributed by atoms with Crippen molar-refractivity contribution < 1.29 is 24.5 Å². The zero-order valence-corrected chi connectivity index (χ0v) is 18.7. The largest absolute Gasteiger partial charge is 0.508 e. The first-order valence-corrected chi connectivity index (χ1v) is 11.3.